The van der Waals surface area contributed by atoms with E-state index in [0.29, 0.717) is 29.6 Å². The van der Waals surface area contributed by atoms with Gasteiger partial charge in [0.25, 0.3) is 10.0 Å². The van der Waals surface area contributed by atoms with E-state index in [9.17, 15) is 8.42 Å². The zero-order valence-corrected chi connectivity index (χ0v) is 17.8. The lowest BCUT2D eigenvalue weighted by atomic mass is 10.1. The van der Waals surface area contributed by atoms with Gasteiger partial charge in [-0.05, 0) is 36.8 Å². The Morgan fingerprint density at radius 1 is 0.933 bits per heavy atom. The molecule has 3 rings (SSSR count). The minimum absolute atomic E-state index is 0.0170. The normalized spacial score (nSPS) is 11.0. The maximum atomic E-state index is 12.8. The van der Waals surface area contributed by atoms with E-state index < -0.39 is 10.0 Å². The van der Waals surface area contributed by atoms with Gasteiger partial charge in [-0.25, -0.2) is 8.42 Å². The van der Waals surface area contributed by atoms with Crippen LogP contribution in [-0.4, -0.2) is 39.4 Å². The van der Waals surface area contributed by atoms with E-state index in [2.05, 4.69) is 14.9 Å². The third kappa shape index (κ3) is 4.98. The molecule has 0 saturated carbocycles. The van der Waals surface area contributed by atoms with E-state index in [1.165, 1.54) is 26.4 Å². The summed E-state index contributed by atoms with van der Waals surface area (Å²) in [7, 11) is -0.944. The number of nitrogens with zero attached hydrogens (tertiary/aromatic N) is 2. The van der Waals surface area contributed by atoms with E-state index >= 15 is 0 Å². The molecule has 1 N–H and O–H groups in total. The smallest absolute Gasteiger partial charge is 0.265 e. The van der Waals surface area contributed by atoms with E-state index in [1.807, 2.05) is 6.92 Å². The number of nitrogens with one attached hydrogen (secondary N) is 1. The number of hydrogen-bond acceptors (Lipinski definition) is 7. The second-order valence-corrected chi connectivity index (χ2v) is 7.96. The highest BCUT2D eigenvalue weighted by Gasteiger charge is 2.20. The van der Waals surface area contributed by atoms with Crippen LogP contribution in [0.15, 0.2) is 59.5 Å². The Morgan fingerprint density at radius 2 is 1.70 bits per heavy atom. The summed E-state index contributed by atoms with van der Waals surface area (Å²) >= 11 is 0. The van der Waals surface area contributed by atoms with Gasteiger partial charge in [0.1, 0.15) is 16.4 Å². The van der Waals surface area contributed by atoms with Gasteiger partial charge in [-0.1, -0.05) is 19.1 Å². The van der Waals surface area contributed by atoms with E-state index in [-0.39, 0.29) is 10.6 Å². The van der Waals surface area contributed by atoms with Gasteiger partial charge in [0.2, 0.25) is 5.88 Å². The van der Waals surface area contributed by atoms with Crippen molar-refractivity contribution in [1.82, 2.24) is 10.2 Å². The molecule has 0 aliphatic rings. The lowest BCUT2D eigenvalue weighted by molar-refractivity contribution is 0.302. The topological polar surface area (TPSA) is 99.6 Å². The van der Waals surface area contributed by atoms with Crippen molar-refractivity contribution >= 4 is 15.7 Å². The van der Waals surface area contributed by atoms with Crippen molar-refractivity contribution in [2.45, 2.75) is 18.2 Å². The van der Waals surface area contributed by atoms with Crippen LogP contribution in [0, 0.1) is 0 Å². The Bertz CT molecular complexity index is 1080. The molecule has 0 fully saturated rings. The first-order valence-electron chi connectivity index (χ1n) is 9.28. The van der Waals surface area contributed by atoms with Crippen molar-refractivity contribution in [2.24, 2.45) is 0 Å². The molecule has 3 aromatic rings. The van der Waals surface area contributed by atoms with Gasteiger partial charge in [-0.3, -0.25) is 4.72 Å². The number of sulfonamides is 1. The molecular weight excluding hydrogens is 406 g/mol. The molecule has 9 heteroatoms. The number of hydrogen-bond donors (Lipinski definition) is 1. The van der Waals surface area contributed by atoms with Crippen molar-refractivity contribution in [2.75, 3.05) is 25.5 Å². The van der Waals surface area contributed by atoms with Gasteiger partial charge in [-0.2, -0.15) is 0 Å². The highest BCUT2D eigenvalue weighted by molar-refractivity contribution is 7.92. The third-order valence-electron chi connectivity index (χ3n) is 4.19. The second-order valence-electron chi connectivity index (χ2n) is 6.30. The fourth-order valence-electron chi connectivity index (χ4n) is 2.67. The maximum Gasteiger partial charge on any atom is 0.265 e. The van der Waals surface area contributed by atoms with Crippen molar-refractivity contribution in [1.29, 1.82) is 0 Å². The van der Waals surface area contributed by atoms with Crippen LogP contribution in [0.1, 0.15) is 13.3 Å². The highest BCUT2D eigenvalue weighted by atomic mass is 32.2. The van der Waals surface area contributed by atoms with Gasteiger partial charge in [0, 0.05) is 23.4 Å². The summed E-state index contributed by atoms with van der Waals surface area (Å²) in [6, 6.07) is 14.9. The molecule has 0 amide bonds. The van der Waals surface area contributed by atoms with E-state index in [4.69, 9.17) is 14.2 Å². The van der Waals surface area contributed by atoms with Crippen LogP contribution in [0.2, 0.25) is 0 Å². The minimum Gasteiger partial charge on any atom is -0.497 e. The lowest BCUT2D eigenvalue weighted by Crippen LogP contribution is -2.14. The van der Waals surface area contributed by atoms with Gasteiger partial charge < -0.3 is 14.2 Å². The number of anilines is 1. The first-order chi connectivity index (χ1) is 14.5. The summed E-state index contributed by atoms with van der Waals surface area (Å²) < 4.78 is 43.9. The van der Waals surface area contributed by atoms with Gasteiger partial charge >= 0.3 is 0 Å². The lowest BCUT2D eigenvalue weighted by Gasteiger charge is -2.13. The van der Waals surface area contributed by atoms with Crippen LogP contribution >= 0.6 is 0 Å². The third-order valence-corrected chi connectivity index (χ3v) is 5.61. The molecule has 0 saturated heterocycles. The molecule has 158 valence electrons. The summed E-state index contributed by atoms with van der Waals surface area (Å²) in [5.74, 6) is 1.17. The van der Waals surface area contributed by atoms with Crippen LogP contribution in [0.25, 0.3) is 11.3 Å². The molecule has 0 atom stereocenters. The monoisotopic (exact) mass is 429 g/mol. The summed E-state index contributed by atoms with van der Waals surface area (Å²) in [4.78, 5) is 0.0170. The van der Waals surface area contributed by atoms with Gasteiger partial charge in [-0.15, -0.1) is 10.2 Å². The zero-order valence-electron chi connectivity index (χ0n) is 17.0. The van der Waals surface area contributed by atoms with Crippen molar-refractivity contribution < 1.29 is 22.6 Å². The van der Waals surface area contributed by atoms with E-state index in [1.54, 1.807) is 42.5 Å². The number of benzene rings is 2. The molecule has 0 radical (unpaired) electrons. The van der Waals surface area contributed by atoms with E-state index in [0.717, 1.165) is 12.0 Å². The first-order valence-corrected chi connectivity index (χ1v) is 10.8. The van der Waals surface area contributed by atoms with Crippen LogP contribution in [0.4, 0.5) is 5.69 Å². The van der Waals surface area contributed by atoms with Crippen LogP contribution < -0.4 is 18.9 Å². The summed E-state index contributed by atoms with van der Waals surface area (Å²) in [5.41, 5.74) is 1.87. The van der Waals surface area contributed by atoms with Crippen LogP contribution in [0.3, 0.4) is 0 Å². The Morgan fingerprint density at radius 3 is 2.30 bits per heavy atom. The molecule has 30 heavy (non-hydrogen) atoms. The Hall–Kier alpha value is -3.33. The average molecular weight is 429 g/mol. The quantitative estimate of drug-likeness (QED) is 0.553. The first kappa shape index (κ1) is 21.4. The molecular formula is C21H23N3O5S. The molecule has 2 aromatic carbocycles. The highest BCUT2D eigenvalue weighted by Crippen LogP contribution is 2.30. The summed E-state index contributed by atoms with van der Waals surface area (Å²) in [5, 5.41) is 8.19. The number of methoxy groups -OCH3 is 2. The van der Waals surface area contributed by atoms with Crippen LogP contribution in [0.5, 0.6) is 17.4 Å². The molecule has 8 nitrogen and oxygen atoms in total. The fraction of sp³-hybridized carbons (Fsp3) is 0.238. The summed E-state index contributed by atoms with van der Waals surface area (Å²) in [6.07, 6.45) is 0.892. The standard InChI is InChI=1S/C21H23N3O5S/c1-4-13-29-21-12-10-18(22-23-21)15-5-7-16(8-6-15)24-30(25,26)20-11-9-17(27-2)14-19(20)28-3/h5-12,14,24H,4,13H2,1-3H3. The Kier molecular flexibility index (Phi) is 6.73. The molecule has 0 bridgehead atoms. The van der Waals surface area contributed by atoms with Crippen molar-refractivity contribution in [3.8, 4) is 28.6 Å². The van der Waals surface area contributed by atoms with Crippen molar-refractivity contribution in [3.63, 3.8) is 0 Å². The Balaban J connectivity index is 1.77. The Labute approximate surface area is 175 Å². The molecule has 0 spiro atoms. The minimum atomic E-state index is -3.85. The zero-order chi connectivity index (χ0) is 21.6. The summed E-state index contributed by atoms with van der Waals surface area (Å²) in [6.45, 7) is 2.60. The van der Waals surface area contributed by atoms with Gasteiger partial charge in [0.15, 0.2) is 0 Å². The molecule has 1 aromatic heterocycles. The molecule has 0 unspecified atom stereocenters. The predicted molar refractivity (Wildman–Crippen MR) is 114 cm³/mol. The number of rotatable bonds is 9. The van der Waals surface area contributed by atoms with Gasteiger partial charge in [0.05, 0.1) is 26.5 Å². The molecule has 0 aliphatic heterocycles. The van der Waals surface area contributed by atoms with Crippen molar-refractivity contribution in [3.05, 3.63) is 54.6 Å². The maximum absolute atomic E-state index is 12.8. The van der Waals surface area contributed by atoms with Crippen LogP contribution in [-0.2, 0) is 10.0 Å². The number of ether oxygens (including phenoxy) is 3. The largest absolute Gasteiger partial charge is 0.497 e. The second kappa shape index (κ2) is 9.45. The SMILES string of the molecule is CCCOc1ccc(-c2ccc(NS(=O)(=O)c3ccc(OC)cc3OC)cc2)nn1. The predicted octanol–water partition coefficient (Wildman–Crippen LogP) is 3.75. The molecule has 0 aliphatic carbocycles. The fourth-order valence-corrected chi connectivity index (χ4v) is 3.88. The number of aromatic nitrogens is 2. The molecule has 1 heterocycles. The average Bonchev–Trinajstić information content (AvgIpc) is 2.77.